The molecule has 15 heavy (non-hydrogen) atoms. The summed E-state index contributed by atoms with van der Waals surface area (Å²) in [7, 11) is 0. The van der Waals surface area contributed by atoms with Gasteiger partial charge < -0.3 is 5.32 Å². The zero-order chi connectivity index (χ0) is 11.4. The highest BCUT2D eigenvalue weighted by molar-refractivity contribution is 9.11. The Morgan fingerprint density at radius 2 is 1.93 bits per heavy atom. The van der Waals surface area contributed by atoms with Crippen LogP contribution in [0.3, 0.4) is 0 Å². The lowest BCUT2D eigenvalue weighted by Gasteiger charge is -2.08. The third-order valence-electron chi connectivity index (χ3n) is 1.89. The van der Waals surface area contributed by atoms with E-state index in [1.54, 1.807) is 0 Å². The lowest BCUT2D eigenvalue weighted by molar-refractivity contribution is -0.119. The van der Waals surface area contributed by atoms with Crippen LogP contribution in [0.4, 0.5) is 5.69 Å². The van der Waals surface area contributed by atoms with Gasteiger partial charge in [0.2, 0.25) is 0 Å². The molecule has 1 aromatic rings. The van der Waals surface area contributed by atoms with Crippen molar-refractivity contribution in [3.63, 3.8) is 0 Å². The summed E-state index contributed by atoms with van der Waals surface area (Å²) in [5, 5.41) is 2.95. The van der Waals surface area contributed by atoms with Crippen LogP contribution in [0.25, 0.3) is 0 Å². The van der Waals surface area contributed by atoms with Crippen molar-refractivity contribution in [2.45, 2.75) is 6.92 Å². The van der Waals surface area contributed by atoms with E-state index >= 15 is 0 Å². The van der Waals surface area contributed by atoms with Gasteiger partial charge in [0.05, 0.1) is 6.54 Å². The van der Waals surface area contributed by atoms with Crippen LogP contribution in [-0.4, -0.2) is 12.5 Å². The molecule has 0 saturated carbocycles. The van der Waals surface area contributed by atoms with Gasteiger partial charge in [-0.25, -0.2) is 5.84 Å². The molecule has 1 amide bonds. The van der Waals surface area contributed by atoms with Gasteiger partial charge in [-0.15, -0.1) is 0 Å². The zero-order valence-corrected chi connectivity index (χ0v) is 11.3. The van der Waals surface area contributed by atoms with E-state index in [4.69, 9.17) is 5.84 Å². The van der Waals surface area contributed by atoms with Gasteiger partial charge in [0.1, 0.15) is 0 Å². The maximum absolute atomic E-state index is 10.9. The van der Waals surface area contributed by atoms with E-state index in [0.717, 1.165) is 20.2 Å². The Labute approximate surface area is 105 Å². The molecule has 0 bridgehead atoms. The number of hydrazine groups is 1. The van der Waals surface area contributed by atoms with Gasteiger partial charge in [0.15, 0.2) is 0 Å². The molecule has 0 radical (unpaired) electrons. The number of amides is 1. The van der Waals surface area contributed by atoms with Crippen LogP contribution < -0.4 is 16.6 Å². The first-order valence-electron chi connectivity index (χ1n) is 4.23. The van der Waals surface area contributed by atoms with Crippen molar-refractivity contribution in [2.24, 2.45) is 5.84 Å². The standard InChI is InChI=1S/C9H11Br2N3O/c1-5-7(10)2-6(3-8(5)11)13-4-9(15)14-12/h2-3,13H,4,12H2,1H3,(H,14,15). The van der Waals surface area contributed by atoms with E-state index in [0.29, 0.717) is 0 Å². The fourth-order valence-electron chi connectivity index (χ4n) is 0.981. The summed E-state index contributed by atoms with van der Waals surface area (Å²) in [6.45, 7) is 2.14. The average molecular weight is 337 g/mol. The van der Waals surface area contributed by atoms with Crippen molar-refractivity contribution in [1.82, 2.24) is 5.43 Å². The molecule has 4 N–H and O–H groups in total. The van der Waals surface area contributed by atoms with Gasteiger partial charge in [0.25, 0.3) is 5.91 Å². The van der Waals surface area contributed by atoms with Crippen molar-refractivity contribution in [3.8, 4) is 0 Å². The number of nitrogens with one attached hydrogen (secondary N) is 2. The largest absolute Gasteiger partial charge is 0.376 e. The van der Waals surface area contributed by atoms with E-state index in [1.807, 2.05) is 19.1 Å². The minimum absolute atomic E-state index is 0.151. The van der Waals surface area contributed by atoms with Crippen molar-refractivity contribution < 1.29 is 4.79 Å². The van der Waals surface area contributed by atoms with Crippen LogP contribution in [-0.2, 0) is 4.79 Å². The van der Waals surface area contributed by atoms with Crippen LogP contribution in [0.2, 0.25) is 0 Å². The number of anilines is 1. The Bertz CT molecular complexity index is 359. The van der Waals surface area contributed by atoms with Gasteiger partial charge in [-0.2, -0.15) is 0 Å². The zero-order valence-electron chi connectivity index (χ0n) is 8.10. The van der Waals surface area contributed by atoms with Crippen molar-refractivity contribution in [3.05, 3.63) is 26.6 Å². The molecule has 0 spiro atoms. The smallest absolute Gasteiger partial charge is 0.253 e. The van der Waals surface area contributed by atoms with Crippen LogP contribution in [0, 0.1) is 6.92 Å². The monoisotopic (exact) mass is 335 g/mol. The van der Waals surface area contributed by atoms with Crippen molar-refractivity contribution in [1.29, 1.82) is 0 Å². The number of halogens is 2. The molecule has 0 heterocycles. The second kappa shape index (κ2) is 5.48. The number of carbonyl (C=O) groups excluding carboxylic acids is 1. The van der Waals surface area contributed by atoms with Gasteiger partial charge in [-0.1, -0.05) is 31.9 Å². The number of hydrogen-bond acceptors (Lipinski definition) is 3. The molecule has 0 aliphatic heterocycles. The third-order valence-corrected chi connectivity index (χ3v) is 3.54. The maximum atomic E-state index is 10.9. The highest BCUT2D eigenvalue weighted by Gasteiger charge is 2.04. The molecule has 0 fully saturated rings. The van der Waals surface area contributed by atoms with Crippen LogP contribution in [0.5, 0.6) is 0 Å². The summed E-state index contributed by atoms with van der Waals surface area (Å²) >= 11 is 6.85. The number of rotatable bonds is 3. The van der Waals surface area contributed by atoms with Crippen molar-refractivity contribution >= 4 is 43.5 Å². The molecule has 0 saturated heterocycles. The fourth-order valence-corrected chi connectivity index (χ4v) is 2.17. The molecule has 6 heteroatoms. The molecule has 0 atom stereocenters. The van der Waals surface area contributed by atoms with Gasteiger partial charge in [-0.05, 0) is 24.6 Å². The van der Waals surface area contributed by atoms with E-state index < -0.39 is 0 Å². The SMILES string of the molecule is Cc1c(Br)cc(NCC(=O)NN)cc1Br. The van der Waals surface area contributed by atoms with Gasteiger partial charge in [-0.3, -0.25) is 10.2 Å². The highest BCUT2D eigenvalue weighted by Crippen LogP contribution is 2.28. The molecule has 1 rings (SSSR count). The predicted octanol–water partition coefficient (Wildman–Crippen LogP) is 1.92. The lowest BCUT2D eigenvalue weighted by Crippen LogP contribution is -2.35. The van der Waals surface area contributed by atoms with E-state index in [1.165, 1.54) is 0 Å². The Morgan fingerprint density at radius 3 is 2.40 bits per heavy atom. The molecule has 0 unspecified atom stereocenters. The molecule has 4 nitrogen and oxygen atoms in total. The summed E-state index contributed by atoms with van der Waals surface area (Å²) in [6, 6.07) is 3.81. The Hall–Kier alpha value is -0.590. The van der Waals surface area contributed by atoms with Gasteiger partial charge in [0, 0.05) is 14.6 Å². The summed E-state index contributed by atoms with van der Waals surface area (Å²) in [4.78, 5) is 10.9. The molecule has 1 aromatic carbocycles. The normalized spacial score (nSPS) is 9.87. The Kier molecular flexibility index (Phi) is 4.56. The first-order chi connectivity index (χ1) is 7.04. The first-order valence-corrected chi connectivity index (χ1v) is 5.82. The maximum Gasteiger partial charge on any atom is 0.253 e. The molecular formula is C9H11Br2N3O. The molecule has 0 aromatic heterocycles. The minimum Gasteiger partial charge on any atom is -0.376 e. The molecular weight excluding hydrogens is 326 g/mol. The second-order valence-electron chi connectivity index (χ2n) is 2.99. The Balaban J connectivity index is 2.75. The molecule has 0 aliphatic carbocycles. The predicted molar refractivity (Wildman–Crippen MR) is 67.4 cm³/mol. The number of carbonyl (C=O) groups is 1. The quantitative estimate of drug-likeness (QED) is 0.449. The first kappa shape index (κ1) is 12.5. The minimum atomic E-state index is -0.261. The summed E-state index contributed by atoms with van der Waals surface area (Å²) < 4.78 is 1.96. The van der Waals surface area contributed by atoms with E-state index in [2.05, 4.69) is 42.6 Å². The number of hydrogen-bond donors (Lipinski definition) is 3. The molecule has 0 aliphatic rings. The number of nitrogens with two attached hydrogens (primary N) is 1. The summed E-state index contributed by atoms with van der Waals surface area (Å²) in [6.07, 6.45) is 0. The second-order valence-corrected chi connectivity index (χ2v) is 4.69. The third kappa shape index (κ3) is 3.48. The summed E-state index contributed by atoms with van der Waals surface area (Å²) in [5.74, 6) is 4.70. The lowest BCUT2D eigenvalue weighted by atomic mass is 10.2. The van der Waals surface area contributed by atoms with Crippen LogP contribution in [0.1, 0.15) is 5.56 Å². The summed E-state index contributed by atoms with van der Waals surface area (Å²) in [5.41, 5.74) is 4.02. The molecule has 82 valence electrons. The van der Waals surface area contributed by atoms with Crippen molar-refractivity contribution in [2.75, 3.05) is 11.9 Å². The topological polar surface area (TPSA) is 67.2 Å². The fraction of sp³-hybridized carbons (Fsp3) is 0.222. The van der Waals surface area contributed by atoms with Crippen LogP contribution >= 0.6 is 31.9 Å². The number of benzene rings is 1. The van der Waals surface area contributed by atoms with E-state index in [-0.39, 0.29) is 12.5 Å². The van der Waals surface area contributed by atoms with Gasteiger partial charge >= 0.3 is 0 Å². The highest BCUT2D eigenvalue weighted by atomic mass is 79.9. The van der Waals surface area contributed by atoms with E-state index in [9.17, 15) is 4.79 Å². The average Bonchev–Trinajstić information content (AvgIpc) is 2.22. The Morgan fingerprint density at radius 1 is 1.40 bits per heavy atom. The van der Waals surface area contributed by atoms with Crippen LogP contribution in [0.15, 0.2) is 21.1 Å².